The summed E-state index contributed by atoms with van der Waals surface area (Å²) in [6, 6.07) is 7.91. The second-order valence-electron chi connectivity index (χ2n) is 5.02. The first-order chi connectivity index (χ1) is 11.1. The summed E-state index contributed by atoms with van der Waals surface area (Å²) in [5.41, 5.74) is 1.64. The summed E-state index contributed by atoms with van der Waals surface area (Å²) >= 11 is 2.90. The molecular weight excluding hydrogens is 333 g/mol. The van der Waals surface area contributed by atoms with Crippen LogP contribution in [-0.4, -0.2) is 14.6 Å². The number of thiazole rings is 1. The molecule has 3 aromatic heterocycles. The molecule has 0 aliphatic rings. The number of thiophene rings is 1. The molecule has 0 radical (unpaired) electrons. The van der Waals surface area contributed by atoms with Crippen molar-refractivity contribution < 1.29 is 4.39 Å². The molecule has 0 saturated carbocycles. The van der Waals surface area contributed by atoms with Gasteiger partial charge in [-0.25, -0.2) is 4.39 Å². The van der Waals surface area contributed by atoms with Crippen molar-refractivity contribution in [1.82, 2.24) is 14.6 Å². The highest BCUT2D eigenvalue weighted by Crippen LogP contribution is 2.18. The van der Waals surface area contributed by atoms with Crippen LogP contribution in [0, 0.1) is 12.7 Å². The number of benzene rings is 1. The maximum Gasteiger partial charge on any atom is 0.291 e. The van der Waals surface area contributed by atoms with E-state index in [-0.39, 0.29) is 11.4 Å². The van der Waals surface area contributed by atoms with Crippen molar-refractivity contribution in [3.05, 3.63) is 66.9 Å². The summed E-state index contributed by atoms with van der Waals surface area (Å²) in [5.74, 6) is 0.106. The molecule has 0 bridgehead atoms. The number of aromatic nitrogens is 3. The third-order valence-corrected chi connectivity index (χ3v) is 5.37. The minimum Gasteiger partial charge on any atom is -0.266 e. The normalized spacial score (nSPS) is 12.3. The summed E-state index contributed by atoms with van der Waals surface area (Å²) < 4.78 is 14.9. The van der Waals surface area contributed by atoms with E-state index in [2.05, 4.69) is 10.1 Å². The molecule has 0 N–H and O–H groups in total. The van der Waals surface area contributed by atoms with Crippen LogP contribution in [0.3, 0.4) is 0 Å². The van der Waals surface area contributed by atoms with Crippen LogP contribution in [0.25, 0.3) is 22.4 Å². The van der Waals surface area contributed by atoms with Gasteiger partial charge in [-0.2, -0.15) is 9.50 Å². The van der Waals surface area contributed by atoms with E-state index in [1.165, 1.54) is 28.0 Å². The van der Waals surface area contributed by atoms with Gasteiger partial charge in [0.2, 0.25) is 4.96 Å². The van der Waals surface area contributed by atoms with E-state index in [1.54, 1.807) is 23.5 Å². The van der Waals surface area contributed by atoms with Gasteiger partial charge in [-0.1, -0.05) is 11.3 Å². The molecular formula is C16H10FN3OS2. The average Bonchev–Trinajstić information content (AvgIpc) is 3.20. The van der Waals surface area contributed by atoms with Gasteiger partial charge in [0.05, 0.1) is 4.53 Å². The fourth-order valence-electron chi connectivity index (χ4n) is 2.21. The fourth-order valence-corrected chi connectivity index (χ4v) is 4.03. The molecule has 0 spiro atoms. The van der Waals surface area contributed by atoms with Crippen molar-refractivity contribution in [2.45, 2.75) is 6.92 Å². The third-order valence-electron chi connectivity index (χ3n) is 3.45. The van der Waals surface area contributed by atoms with Gasteiger partial charge in [0.1, 0.15) is 5.82 Å². The van der Waals surface area contributed by atoms with Crippen molar-refractivity contribution in [3.63, 3.8) is 0 Å². The lowest BCUT2D eigenvalue weighted by atomic mass is 10.2. The Morgan fingerprint density at radius 2 is 2.00 bits per heavy atom. The van der Waals surface area contributed by atoms with Crippen molar-refractivity contribution >= 4 is 33.7 Å². The Kier molecular flexibility index (Phi) is 3.32. The van der Waals surface area contributed by atoms with Gasteiger partial charge in [-0.3, -0.25) is 4.79 Å². The SMILES string of the molecule is Cc1ccsc1C=c1sc2nc(-c3ccc(F)cc3)nn2c1=O. The van der Waals surface area contributed by atoms with E-state index in [1.807, 2.05) is 24.4 Å². The lowest BCUT2D eigenvalue weighted by Gasteiger charge is -1.93. The van der Waals surface area contributed by atoms with Crippen LogP contribution in [-0.2, 0) is 0 Å². The maximum atomic E-state index is 13.0. The van der Waals surface area contributed by atoms with E-state index in [4.69, 9.17) is 0 Å². The average molecular weight is 343 g/mol. The Morgan fingerprint density at radius 1 is 1.22 bits per heavy atom. The highest BCUT2D eigenvalue weighted by Gasteiger charge is 2.12. The standard InChI is InChI=1S/C16H10FN3OS2/c1-9-6-7-22-12(9)8-13-15(21)20-16(23-13)18-14(19-20)10-2-4-11(17)5-3-10/h2-8H,1H3. The quantitative estimate of drug-likeness (QED) is 0.562. The molecule has 23 heavy (non-hydrogen) atoms. The van der Waals surface area contributed by atoms with Gasteiger partial charge in [0.15, 0.2) is 5.82 Å². The monoisotopic (exact) mass is 343 g/mol. The zero-order valence-corrected chi connectivity index (χ0v) is 13.6. The molecule has 4 nitrogen and oxygen atoms in total. The van der Waals surface area contributed by atoms with Crippen LogP contribution in [0.2, 0.25) is 0 Å². The van der Waals surface area contributed by atoms with E-state index in [0.717, 1.165) is 10.4 Å². The molecule has 0 atom stereocenters. The number of fused-ring (bicyclic) bond motifs is 1. The smallest absolute Gasteiger partial charge is 0.266 e. The summed E-state index contributed by atoms with van der Waals surface area (Å²) in [6.07, 6.45) is 1.88. The molecule has 7 heteroatoms. The summed E-state index contributed by atoms with van der Waals surface area (Å²) in [5, 5.41) is 6.24. The predicted molar refractivity (Wildman–Crippen MR) is 90.4 cm³/mol. The second kappa shape index (κ2) is 5.36. The molecule has 0 aliphatic carbocycles. The lowest BCUT2D eigenvalue weighted by molar-refractivity contribution is 0.628. The Bertz CT molecular complexity index is 1110. The summed E-state index contributed by atoms with van der Waals surface area (Å²) in [7, 11) is 0. The number of halogens is 1. The van der Waals surface area contributed by atoms with Gasteiger partial charge in [-0.05, 0) is 54.3 Å². The minimum absolute atomic E-state index is 0.182. The van der Waals surface area contributed by atoms with Crippen LogP contribution < -0.4 is 10.1 Å². The first-order valence-electron chi connectivity index (χ1n) is 6.83. The Morgan fingerprint density at radius 3 is 2.65 bits per heavy atom. The van der Waals surface area contributed by atoms with Crippen molar-refractivity contribution in [1.29, 1.82) is 0 Å². The van der Waals surface area contributed by atoms with Crippen molar-refractivity contribution in [3.8, 4) is 11.4 Å². The molecule has 3 heterocycles. The van der Waals surface area contributed by atoms with Gasteiger partial charge < -0.3 is 0 Å². The Balaban J connectivity index is 1.84. The number of aryl methyl sites for hydroxylation is 1. The fraction of sp³-hybridized carbons (Fsp3) is 0.0625. The van der Waals surface area contributed by atoms with Crippen LogP contribution in [0.5, 0.6) is 0 Å². The molecule has 1 aromatic carbocycles. The molecule has 0 amide bonds. The van der Waals surface area contributed by atoms with Crippen LogP contribution in [0.15, 0.2) is 40.5 Å². The van der Waals surface area contributed by atoms with Crippen LogP contribution in [0.4, 0.5) is 4.39 Å². The minimum atomic E-state index is -0.317. The van der Waals surface area contributed by atoms with Gasteiger partial charge >= 0.3 is 0 Å². The number of rotatable bonds is 2. The first kappa shape index (κ1) is 14.2. The van der Waals surface area contributed by atoms with Crippen molar-refractivity contribution in [2.75, 3.05) is 0 Å². The lowest BCUT2D eigenvalue weighted by Crippen LogP contribution is -2.23. The highest BCUT2D eigenvalue weighted by atomic mass is 32.1. The topological polar surface area (TPSA) is 47.3 Å². The first-order valence-corrected chi connectivity index (χ1v) is 8.53. The van der Waals surface area contributed by atoms with Gasteiger partial charge in [0, 0.05) is 10.4 Å². The van der Waals surface area contributed by atoms with E-state index in [9.17, 15) is 9.18 Å². The summed E-state index contributed by atoms with van der Waals surface area (Å²) in [4.78, 5) is 18.4. The van der Waals surface area contributed by atoms with Crippen LogP contribution >= 0.6 is 22.7 Å². The predicted octanol–water partition coefficient (Wildman–Crippen LogP) is 2.87. The largest absolute Gasteiger partial charge is 0.291 e. The molecule has 0 fully saturated rings. The van der Waals surface area contributed by atoms with Gasteiger partial charge in [0.25, 0.3) is 5.56 Å². The molecule has 0 saturated heterocycles. The second-order valence-corrected chi connectivity index (χ2v) is 6.98. The third kappa shape index (κ3) is 2.47. The number of nitrogens with zero attached hydrogens (tertiary/aromatic N) is 3. The molecule has 4 rings (SSSR count). The zero-order chi connectivity index (χ0) is 16.0. The van der Waals surface area contributed by atoms with E-state index >= 15 is 0 Å². The maximum absolute atomic E-state index is 13.0. The molecule has 0 aliphatic heterocycles. The Hall–Kier alpha value is -2.38. The summed E-state index contributed by atoms with van der Waals surface area (Å²) in [6.45, 7) is 2.01. The molecule has 4 aromatic rings. The van der Waals surface area contributed by atoms with Gasteiger partial charge in [-0.15, -0.1) is 16.4 Å². The Labute approximate surface area is 138 Å². The molecule has 0 unspecified atom stereocenters. The van der Waals surface area contributed by atoms with E-state index in [0.29, 0.717) is 20.9 Å². The van der Waals surface area contributed by atoms with E-state index < -0.39 is 0 Å². The van der Waals surface area contributed by atoms with Crippen LogP contribution in [0.1, 0.15) is 10.4 Å². The number of hydrogen-bond acceptors (Lipinski definition) is 5. The number of hydrogen-bond donors (Lipinski definition) is 0. The zero-order valence-electron chi connectivity index (χ0n) is 12.0. The van der Waals surface area contributed by atoms with Crippen molar-refractivity contribution in [2.24, 2.45) is 0 Å². The molecule has 114 valence electrons. The highest BCUT2D eigenvalue weighted by molar-refractivity contribution is 7.15.